The zero-order valence-electron chi connectivity index (χ0n) is 17.4. The normalized spacial score (nSPS) is 23.0. The van der Waals surface area contributed by atoms with Crippen molar-refractivity contribution in [1.82, 2.24) is 15.2 Å². The van der Waals surface area contributed by atoms with Crippen molar-refractivity contribution in [3.63, 3.8) is 0 Å². The van der Waals surface area contributed by atoms with E-state index in [1.54, 1.807) is 18.2 Å². The van der Waals surface area contributed by atoms with E-state index in [1.165, 1.54) is 11.3 Å². The van der Waals surface area contributed by atoms with Crippen molar-refractivity contribution >= 4 is 28.3 Å². The molecule has 4 heterocycles. The average molecular weight is 471 g/mol. The molecule has 0 bridgehead atoms. The molecular formula is C22H22N4O6S. The van der Waals surface area contributed by atoms with Gasteiger partial charge in [-0.05, 0) is 42.3 Å². The number of amides is 1. The summed E-state index contributed by atoms with van der Waals surface area (Å²) >= 11 is 1.45. The maximum atomic E-state index is 12.6. The predicted molar refractivity (Wildman–Crippen MR) is 118 cm³/mol. The molecule has 0 radical (unpaired) electrons. The lowest BCUT2D eigenvalue weighted by molar-refractivity contribution is -0.123. The van der Waals surface area contributed by atoms with Gasteiger partial charge in [-0.1, -0.05) is 0 Å². The highest BCUT2D eigenvalue weighted by atomic mass is 32.1. The third kappa shape index (κ3) is 4.19. The first-order chi connectivity index (χ1) is 15.9. The molecule has 5 rings (SSSR count). The fraction of sp³-hybridized carbons (Fsp3) is 0.409. The summed E-state index contributed by atoms with van der Waals surface area (Å²) in [5, 5.41) is 34.6. The summed E-state index contributed by atoms with van der Waals surface area (Å²) < 4.78 is 11.2. The minimum atomic E-state index is -2.01. The van der Waals surface area contributed by atoms with Crippen LogP contribution >= 0.6 is 11.3 Å². The molecular weight excluding hydrogens is 448 g/mol. The van der Waals surface area contributed by atoms with Gasteiger partial charge in [-0.2, -0.15) is 5.26 Å². The van der Waals surface area contributed by atoms with Crippen LogP contribution in [-0.2, 0) is 16.0 Å². The largest absolute Gasteiger partial charge is 0.424 e. The van der Waals surface area contributed by atoms with Gasteiger partial charge < -0.3 is 30.0 Å². The third-order valence-corrected chi connectivity index (χ3v) is 7.29. The summed E-state index contributed by atoms with van der Waals surface area (Å²) in [6, 6.07) is 10.2. The summed E-state index contributed by atoms with van der Waals surface area (Å²) in [6.07, 6.45) is -0.930. The number of carbonyl (C=O) groups is 1. The van der Waals surface area contributed by atoms with Crippen LogP contribution in [0, 0.1) is 17.2 Å². The summed E-state index contributed by atoms with van der Waals surface area (Å²) in [6.45, 7) is 1.28. The number of nitrogens with zero attached hydrogens (tertiary/aromatic N) is 2. The summed E-state index contributed by atoms with van der Waals surface area (Å²) in [5.74, 6) is -0.680. The van der Waals surface area contributed by atoms with Crippen molar-refractivity contribution in [3.05, 3.63) is 45.8 Å². The highest BCUT2D eigenvalue weighted by Crippen LogP contribution is 2.31. The highest BCUT2D eigenvalue weighted by Gasteiger charge is 2.41. The molecule has 2 aliphatic rings. The van der Waals surface area contributed by atoms with Crippen LogP contribution < -0.4 is 16.4 Å². The van der Waals surface area contributed by atoms with Crippen LogP contribution in [0.25, 0.3) is 21.5 Å². The lowest BCUT2D eigenvalue weighted by Gasteiger charge is -2.16. The number of fused-ring (bicyclic) bond motifs is 2. The Morgan fingerprint density at radius 1 is 1.33 bits per heavy atom. The SMILES string of the molecule is N#CC(Cc1ccc(-c2ccc3oc(=O)n(C(O)O)c3c2)s1)NC(=O)[C@@H]1C[C@@H]2COC[C@@H]2N1. The molecule has 4 atom stereocenters. The number of nitriles is 1. The van der Waals surface area contributed by atoms with Crippen LogP contribution in [0.4, 0.5) is 0 Å². The van der Waals surface area contributed by atoms with Crippen LogP contribution in [-0.4, -0.2) is 52.0 Å². The second kappa shape index (κ2) is 8.74. The molecule has 11 heteroatoms. The van der Waals surface area contributed by atoms with Crippen molar-refractivity contribution in [1.29, 1.82) is 5.26 Å². The van der Waals surface area contributed by atoms with E-state index in [0.29, 0.717) is 32.0 Å². The van der Waals surface area contributed by atoms with Crippen LogP contribution in [0.1, 0.15) is 17.7 Å². The van der Waals surface area contributed by atoms with Gasteiger partial charge in [0.25, 0.3) is 0 Å². The Morgan fingerprint density at radius 3 is 2.94 bits per heavy atom. The second-order valence-corrected chi connectivity index (χ2v) is 9.45. The molecule has 33 heavy (non-hydrogen) atoms. The number of hydrogen-bond acceptors (Lipinski definition) is 9. The van der Waals surface area contributed by atoms with Crippen LogP contribution in [0.2, 0.25) is 0 Å². The molecule has 1 unspecified atom stereocenters. The maximum Gasteiger partial charge on any atom is 0.424 e. The molecule has 1 aromatic carbocycles. The number of oxazole rings is 1. The van der Waals surface area contributed by atoms with E-state index in [2.05, 4.69) is 16.7 Å². The molecule has 0 aliphatic carbocycles. The smallest absolute Gasteiger partial charge is 0.408 e. The molecule has 2 saturated heterocycles. The van der Waals surface area contributed by atoms with E-state index in [0.717, 1.165) is 19.9 Å². The van der Waals surface area contributed by atoms with E-state index in [1.807, 2.05) is 12.1 Å². The Balaban J connectivity index is 1.28. The molecule has 10 nitrogen and oxygen atoms in total. The van der Waals surface area contributed by atoms with Gasteiger partial charge in [0.05, 0.1) is 30.8 Å². The van der Waals surface area contributed by atoms with Crippen molar-refractivity contribution in [2.75, 3.05) is 13.2 Å². The van der Waals surface area contributed by atoms with E-state index < -0.39 is 18.2 Å². The monoisotopic (exact) mass is 470 g/mol. The number of carbonyl (C=O) groups excluding carboxylic acids is 1. The molecule has 4 N–H and O–H groups in total. The molecule has 2 fully saturated rings. The minimum Gasteiger partial charge on any atom is -0.408 e. The zero-order chi connectivity index (χ0) is 23.1. The van der Waals surface area contributed by atoms with Gasteiger partial charge >= 0.3 is 5.76 Å². The van der Waals surface area contributed by atoms with E-state index in [9.17, 15) is 25.1 Å². The molecule has 2 aliphatic heterocycles. The van der Waals surface area contributed by atoms with E-state index >= 15 is 0 Å². The van der Waals surface area contributed by atoms with Gasteiger partial charge in [0.1, 0.15) is 6.04 Å². The number of aliphatic hydroxyl groups is 2. The highest BCUT2D eigenvalue weighted by molar-refractivity contribution is 7.15. The van der Waals surface area contributed by atoms with Gasteiger partial charge in [-0.15, -0.1) is 11.3 Å². The fourth-order valence-electron chi connectivity index (χ4n) is 4.48. The molecule has 172 valence electrons. The molecule has 0 spiro atoms. The van der Waals surface area contributed by atoms with Crippen LogP contribution in [0.3, 0.4) is 0 Å². The van der Waals surface area contributed by atoms with Crippen LogP contribution in [0.15, 0.2) is 39.5 Å². The van der Waals surface area contributed by atoms with Crippen LogP contribution in [0.5, 0.6) is 0 Å². The van der Waals surface area contributed by atoms with Gasteiger partial charge in [0.15, 0.2) is 5.58 Å². The average Bonchev–Trinajstić information content (AvgIpc) is 3.54. The second-order valence-electron chi connectivity index (χ2n) is 8.29. The lowest BCUT2D eigenvalue weighted by Crippen LogP contribution is -2.47. The number of ether oxygens (including phenoxy) is 1. The first kappa shape index (κ1) is 21.8. The quantitative estimate of drug-likeness (QED) is 0.385. The molecule has 0 saturated carbocycles. The molecule has 3 aromatic rings. The van der Waals surface area contributed by atoms with Crippen molar-refractivity contribution in [3.8, 4) is 16.5 Å². The number of aliphatic hydroxyl groups excluding tert-OH is 1. The predicted octanol–water partition coefficient (Wildman–Crippen LogP) is 0.691. The number of aromatic nitrogens is 1. The topological polar surface area (TPSA) is 150 Å². The first-order valence-electron chi connectivity index (χ1n) is 10.6. The number of nitrogens with one attached hydrogen (secondary N) is 2. The summed E-state index contributed by atoms with van der Waals surface area (Å²) in [7, 11) is 0. The van der Waals surface area contributed by atoms with Gasteiger partial charge in [0, 0.05) is 28.1 Å². The molecule has 1 amide bonds. The third-order valence-electron chi connectivity index (χ3n) is 6.14. The van der Waals surface area contributed by atoms with Gasteiger partial charge in [0.2, 0.25) is 12.3 Å². The maximum absolute atomic E-state index is 12.6. The number of benzene rings is 1. The standard InChI is InChI=1S/C22H22N4O6S/c23-8-13(24-20(27)15-5-12-9-31-10-16(12)25-15)7-14-2-4-19(33-14)11-1-3-18-17(6-11)26(21(28)29)22(30)32-18/h1-4,6,12-13,15-16,21,25,28-29H,5,7,9-10H2,(H,24,27)/t12-,13?,15+,16+/m1/s1. The Kier molecular flexibility index (Phi) is 5.77. The first-order valence-corrected chi connectivity index (χ1v) is 11.4. The minimum absolute atomic E-state index is 0.168. The van der Waals surface area contributed by atoms with Crippen molar-refractivity contribution < 1.29 is 24.2 Å². The Bertz CT molecular complexity index is 1280. The Labute approximate surface area is 192 Å². The number of hydrogen-bond donors (Lipinski definition) is 4. The van der Waals surface area contributed by atoms with Crippen molar-refractivity contribution in [2.24, 2.45) is 5.92 Å². The lowest BCUT2D eigenvalue weighted by atomic mass is 10.0. The Morgan fingerprint density at radius 2 is 2.18 bits per heavy atom. The van der Waals surface area contributed by atoms with E-state index in [-0.39, 0.29) is 29.1 Å². The number of rotatable bonds is 6. The van der Waals surface area contributed by atoms with E-state index in [4.69, 9.17) is 9.15 Å². The van der Waals surface area contributed by atoms with Gasteiger partial charge in [-0.25, -0.2) is 9.36 Å². The zero-order valence-corrected chi connectivity index (χ0v) is 18.2. The Hall–Kier alpha value is -3.01. The molecule has 2 aromatic heterocycles. The van der Waals surface area contributed by atoms with Crippen molar-refractivity contribution in [2.45, 2.75) is 37.4 Å². The summed E-state index contributed by atoms with van der Waals surface area (Å²) in [4.78, 5) is 26.2. The fourth-order valence-corrected chi connectivity index (χ4v) is 5.53. The number of thiophene rings is 1. The van der Waals surface area contributed by atoms with Gasteiger partial charge in [-0.3, -0.25) is 4.79 Å². The summed E-state index contributed by atoms with van der Waals surface area (Å²) in [5.41, 5.74) is 1.27.